The lowest BCUT2D eigenvalue weighted by Gasteiger charge is -2.54. The van der Waals surface area contributed by atoms with Crippen LogP contribution in [0.4, 0.5) is 0 Å². The monoisotopic (exact) mass is 306 g/mol. The number of hydrogen-bond donors (Lipinski definition) is 1. The standard InChI is InChI=1S/C20H26O2/c1-3-20(22)11-9-18-17-6-4-13-12-14(21)5-7-15(13)16(17)8-10-19(18,20)2/h1,12,15-18,22H,4-11H2,2H3/t15-,16?,17?,18?,19-,20-/m0/s1/i4D2,5D2,11D2,12D,15D. The van der Waals surface area contributed by atoms with Crippen molar-refractivity contribution in [2.75, 3.05) is 0 Å². The van der Waals surface area contributed by atoms with E-state index < -0.39 is 72.0 Å². The lowest BCUT2D eigenvalue weighted by molar-refractivity contribution is -0.116. The van der Waals surface area contributed by atoms with E-state index in [0.29, 0.717) is 12.8 Å². The molecule has 0 heterocycles. The molecule has 0 aliphatic heterocycles. The van der Waals surface area contributed by atoms with Crippen LogP contribution in [0.2, 0.25) is 0 Å². The van der Waals surface area contributed by atoms with Crippen LogP contribution in [0.25, 0.3) is 0 Å². The third-order valence-electron chi connectivity index (χ3n) is 6.40. The van der Waals surface area contributed by atoms with Crippen molar-refractivity contribution in [3.8, 4) is 12.3 Å². The molecule has 2 nitrogen and oxygen atoms in total. The molecule has 0 aromatic rings. The molecular weight excluding hydrogens is 272 g/mol. The summed E-state index contributed by atoms with van der Waals surface area (Å²) in [7, 11) is 0. The summed E-state index contributed by atoms with van der Waals surface area (Å²) in [6.45, 7) is 1.73. The fraction of sp³-hybridized carbons (Fsp3) is 0.750. The molecule has 2 heteroatoms. The Morgan fingerprint density at radius 1 is 1.41 bits per heavy atom. The SMILES string of the molecule is [2H]C1=C2C([2H])([2H])CC3C(CC[C@@]4(C)C3CC([2H])([2H])[C@@]4(O)C#C)[C@@]2([2H])CC([2H])([2H])C1=O. The Balaban J connectivity index is 1.88. The van der Waals surface area contributed by atoms with Crippen molar-refractivity contribution >= 4 is 5.78 Å². The van der Waals surface area contributed by atoms with Crippen molar-refractivity contribution in [3.63, 3.8) is 0 Å². The molecule has 3 saturated carbocycles. The molecular formula is C20H26O2. The summed E-state index contributed by atoms with van der Waals surface area (Å²) >= 11 is 0. The van der Waals surface area contributed by atoms with Crippen molar-refractivity contribution < 1.29 is 20.9 Å². The van der Waals surface area contributed by atoms with Crippen LogP contribution in [0.5, 0.6) is 0 Å². The average molecular weight is 306 g/mol. The summed E-state index contributed by atoms with van der Waals surface area (Å²) in [5, 5.41) is 11.2. The number of terminal acetylenes is 1. The van der Waals surface area contributed by atoms with Gasteiger partial charge in [0, 0.05) is 21.4 Å². The van der Waals surface area contributed by atoms with Gasteiger partial charge in [-0.15, -0.1) is 6.42 Å². The van der Waals surface area contributed by atoms with E-state index in [4.69, 9.17) is 16.0 Å². The van der Waals surface area contributed by atoms with E-state index in [2.05, 4.69) is 5.92 Å². The summed E-state index contributed by atoms with van der Waals surface area (Å²) in [5.74, 6) is -2.14. The van der Waals surface area contributed by atoms with E-state index in [9.17, 15) is 11.3 Å². The first-order valence-corrected chi connectivity index (χ1v) is 7.95. The molecule has 0 aromatic heterocycles. The Kier molecular flexibility index (Phi) is 1.75. The van der Waals surface area contributed by atoms with Crippen LogP contribution in [0, 0.1) is 41.4 Å². The highest BCUT2D eigenvalue weighted by Crippen LogP contribution is 2.64. The van der Waals surface area contributed by atoms with Crippen molar-refractivity contribution in [1.29, 1.82) is 0 Å². The highest BCUT2D eigenvalue weighted by atomic mass is 16.3. The molecule has 6 atom stereocenters. The van der Waals surface area contributed by atoms with Gasteiger partial charge in [-0.05, 0) is 74.5 Å². The number of aliphatic hydroxyl groups is 1. The first-order valence-electron chi connectivity index (χ1n) is 12.0. The lowest BCUT2D eigenvalue weighted by Crippen LogP contribution is -2.52. The van der Waals surface area contributed by atoms with Gasteiger partial charge in [-0.1, -0.05) is 18.4 Å². The first kappa shape index (κ1) is 8.15. The van der Waals surface area contributed by atoms with Crippen LogP contribution in [0.3, 0.4) is 0 Å². The highest BCUT2D eigenvalue weighted by molar-refractivity contribution is 5.91. The van der Waals surface area contributed by atoms with Crippen LogP contribution in [0.15, 0.2) is 11.6 Å². The number of ketones is 1. The minimum absolute atomic E-state index is 0.0733. The number of carbonyl (C=O) groups excluding carboxylic acids is 1. The highest BCUT2D eigenvalue weighted by Gasteiger charge is 2.61. The molecule has 3 unspecified atom stereocenters. The van der Waals surface area contributed by atoms with Crippen LogP contribution < -0.4 is 0 Å². The van der Waals surface area contributed by atoms with Crippen molar-refractivity contribution in [2.24, 2.45) is 29.1 Å². The van der Waals surface area contributed by atoms with E-state index in [1.807, 2.05) is 0 Å². The van der Waals surface area contributed by atoms with Crippen molar-refractivity contribution in [3.05, 3.63) is 11.6 Å². The average Bonchev–Trinajstić information content (AvgIpc) is 2.76. The normalized spacial score (nSPS) is 66.4. The molecule has 0 bridgehead atoms. The maximum atomic E-state index is 12.4. The van der Waals surface area contributed by atoms with Gasteiger partial charge in [0.15, 0.2) is 5.78 Å². The van der Waals surface area contributed by atoms with Gasteiger partial charge in [0.25, 0.3) is 0 Å². The topological polar surface area (TPSA) is 37.3 Å². The number of rotatable bonds is 0. The molecule has 0 amide bonds. The lowest BCUT2D eigenvalue weighted by atomic mass is 9.50. The summed E-state index contributed by atoms with van der Waals surface area (Å²) in [6, 6.07) is -0.736. The minimum Gasteiger partial charge on any atom is -0.377 e. The molecule has 0 saturated heterocycles. The van der Waals surface area contributed by atoms with Crippen LogP contribution in [0.1, 0.15) is 69.1 Å². The van der Waals surface area contributed by atoms with E-state index in [1.54, 1.807) is 6.92 Å². The maximum absolute atomic E-state index is 12.4. The smallest absolute Gasteiger partial charge is 0.155 e. The molecule has 3 fully saturated rings. The van der Waals surface area contributed by atoms with Gasteiger partial charge in [-0.3, -0.25) is 4.79 Å². The van der Waals surface area contributed by atoms with E-state index in [-0.39, 0.29) is 18.4 Å². The quantitative estimate of drug-likeness (QED) is 0.696. The predicted molar refractivity (Wildman–Crippen MR) is 85.9 cm³/mol. The third-order valence-corrected chi connectivity index (χ3v) is 6.40. The van der Waals surface area contributed by atoms with Gasteiger partial charge in [-0.2, -0.15) is 0 Å². The van der Waals surface area contributed by atoms with Crippen molar-refractivity contribution in [1.82, 2.24) is 0 Å². The molecule has 4 aliphatic carbocycles. The first-order chi connectivity index (χ1) is 13.5. The zero-order valence-electron chi connectivity index (χ0n) is 20.7. The Labute approximate surface area is 144 Å². The second-order valence-corrected chi connectivity index (χ2v) is 7.16. The van der Waals surface area contributed by atoms with Gasteiger partial charge in [0.05, 0.1) is 1.37 Å². The zero-order chi connectivity index (χ0) is 22.7. The zero-order valence-corrected chi connectivity index (χ0v) is 12.7. The molecule has 4 aliphatic rings. The fourth-order valence-corrected chi connectivity index (χ4v) is 5.02. The van der Waals surface area contributed by atoms with Gasteiger partial charge in [-0.25, -0.2) is 0 Å². The van der Waals surface area contributed by atoms with Crippen LogP contribution in [-0.4, -0.2) is 16.5 Å². The van der Waals surface area contributed by atoms with Gasteiger partial charge < -0.3 is 5.11 Å². The van der Waals surface area contributed by atoms with Gasteiger partial charge in [0.1, 0.15) is 5.60 Å². The molecule has 1 N–H and O–H groups in total. The fourth-order valence-electron chi connectivity index (χ4n) is 5.02. The van der Waals surface area contributed by atoms with E-state index >= 15 is 0 Å². The van der Waals surface area contributed by atoms with Gasteiger partial charge in [0.2, 0.25) is 0 Å². The Morgan fingerprint density at radius 3 is 3.00 bits per heavy atom. The summed E-state index contributed by atoms with van der Waals surface area (Å²) < 4.78 is 67.6. The number of hydrogen-bond acceptors (Lipinski definition) is 2. The largest absolute Gasteiger partial charge is 0.377 e. The van der Waals surface area contributed by atoms with Gasteiger partial charge >= 0.3 is 0 Å². The predicted octanol–water partition coefficient (Wildman–Crippen LogP) is 3.49. The summed E-state index contributed by atoms with van der Waals surface area (Å²) in [5.41, 5.74) is -3.27. The van der Waals surface area contributed by atoms with E-state index in [0.717, 1.165) is 0 Å². The Morgan fingerprint density at radius 2 is 2.23 bits per heavy atom. The molecule has 22 heavy (non-hydrogen) atoms. The molecule has 118 valence electrons. The molecule has 0 aromatic carbocycles. The molecule has 0 spiro atoms. The minimum atomic E-state index is -2.43. The second-order valence-electron chi connectivity index (χ2n) is 7.16. The number of carbonyl (C=O) groups is 1. The summed E-state index contributed by atoms with van der Waals surface area (Å²) in [6.07, 6.45) is -1.17. The van der Waals surface area contributed by atoms with Crippen molar-refractivity contribution in [2.45, 2.75) is 63.7 Å². The number of fused-ring (bicyclic) bond motifs is 5. The molecule has 0 radical (unpaired) electrons. The number of allylic oxidation sites excluding steroid dienone is 1. The second kappa shape index (κ2) is 4.71. The maximum Gasteiger partial charge on any atom is 0.155 e. The molecule has 4 rings (SSSR count). The Bertz CT molecular complexity index is 905. The Hall–Kier alpha value is -1.07. The van der Waals surface area contributed by atoms with Crippen LogP contribution >= 0.6 is 0 Å². The van der Waals surface area contributed by atoms with E-state index in [1.165, 1.54) is 0 Å². The summed E-state index contributed by atoms with van der Waals surface area (Å²) in [4.78, 5) is 12.4. The third kappa shape index (κ3) is 1.75. The van der Waals surface area contributed by atoms with Crippen LogP contribution in [-0.2, 0) is 4.79 Å².